The van der Waals surface area contributed by atoms with Gasteiger partial charge in [-0.15, -0.1) is 11.3 Å². The third kappa shape index (κ3) is 5.22. The van der Waals surface area contributed by atoms with E-state index in [1.54, 1.807) is 66.5 Å². The number of amides is 3. The Morgan fingerprint density at radius 3 is 2.40 bits per heavy atom. The van der Waals surface area contributed by atoms with Gasteiger partial charge in [-0.05, 0) is 48.7 Å². The Balaban J connectivity index is 1.44. The van der Waals surface area contributed by atoms with Crippen LogP contribution in [-0.2, 0) is 11.8 Å². The minimum atomic E-state index is -0.488. The van der Waals surface area contributed by atoms with Crippen molar-refractivity contribution in [2.45, 2.75) is 6.92 Å². The van der Waals surface area contributed by atoms with E-state index in [0.29, 0.717) is 21.9 Å². The normalized spacial score (nSPS) is 10.6. The summed E-state index contributed by atoms with van der Waals surface area (Å²) in [6.45, 7) is 1.53. The van der Waals surface area contributed by atoms with Gasteiger partial charge in [0, 0.05) is 18.3 Å². The van der Waals surface area contributed by atoms with E-state index in [2.05, 4.69) is 16.0 Å². The number of nitrogens with zero attached hydrogens (tertiary/aromatic N) is 2. The summed E-state index contributed by atoms with van der Waals surface area (Å²) in [4.78, 5) is 50.7. The lowest BCUT2D eigenvalue weighted by Crippen LogP contribution is -2.32. The van der Waals surface area contributed by atoms with Crippen LogP contribution in [0.1, 0.15) is 25.7 Å². The molecule has 0 radical (unpaired) electrons. The van der Waals surface area contributed by atoms with E-state index >= 15 is 0 Å². The zero-order valence-electron chi connectivity index (χ0n) is 19.1. The van der Waals surface area contributed by atoms with Crippen LogP contribution in [0.15, 0.2) is 76.9 Å². The second kappa shape index (κ2) is 10.2. The van der Waals surface area contributed by atoms with Gasteiger partial charge in [0.05, 0.1) is 22.8 Å². The number of rotatable bonds is 7. The van der Waals surface area contributed by atoms with E-state index < -0.39 is 11.8 Å². The van der Waals surface area contributed by atoms with Gasteiger partial charge in [-0.1, -0.05) is 30.3 Å². The molecule has 0 spiro atoms. The van der Waals surface area contributed by atoms with Gasteiger partial charge < -0.3 is 16.0 Å². The van der Waals surface area contributed by atoms with Crippen LogP contribution >= 0.6 is 11.3 Å². The maximum Gasteiger partial charge on any atom is 0.295 e. The van der Waals surface area contributed by atoms with E-state index in [4.69, 9.17) is 0 Å². The van der Waals surface area contributed by atoms with Crippen LogP contribution < -0.4 is 21.5 Å². The molecule has 0 fully saturated rings. The van der Waals surface area contributed by atoms with Gasteiger partial charge in [-0.25, -0.2) is 4.68 Å². The first-order valence-corrected chi connectivity index (χ1v) is 11.6. The van der Waals surface area contributed by atoms with Gasteiger partial charge in [0.15, 0.2) is 0 Å². The molecule has 0 unspecified atom stereocenters. The maximum absolute atomic E-state index is 13.0. The van der Waals surface area contributed by atoms with Crippen molar-refractivity contribution in [2.24, 2.45) is 7.05 Å². The van der Waals surface area contributed by atoms with Crippen LogP contribution in [-0.4, -0.2) is 33.6 Å². The Bertz CT molecular complexity index is 1440. The standard InChI is InChI=1S/C25H23N5O4S/c1-16-22(25(34)30(29(16)2)19-10-4-3-5-11-19)28-23(32)17-8-6-9-18(14-17)27-21(31)15-26-24(33)20-12-7-13-35-20/h3-14H,15H2,1-2H3,(H,26,33)(H,27,31)(H,28,32). The Morgan fingerprint density at radius 2 is 1.69 bits per heavy atom. The van der Waals surface area contributed by atoms with E-state index in [-0.39, 0.29) is 29.3 Å². The molecule has 4 aromatic rings. The molecule has 0 saturated carbocycles. The number of anilines is 2. The number of thiophene rings is 1. The molecular weight excluding hydrogens is 466 g/mol. The van der Waals surface area contributed by atoms with E-state index in [0.717, 1.165) is 0 Å². The quantitative estimate of drug-likeness (QED) is 0.370. The highest BCUT2D eigenvalue weighted by atomic mass is 32.1. The predicted molar refractivity (Wildman–Crippen MR) is 135 cm³/mol. The minimum Gasteiger partial charge on any atom is -0.342 e. The molecule has 0 atom stereocenters. The Hall–Kier alpha value is -4.44. The molecule has 3 amide bonds. The molecule has 0 aliphatic heterocycles. The molecular formula is C25H23N5O4S. The Morgan fingerprint density at radius 1 is 0.914 bits per heavy atom. The van der Waals surface area contributed by atoms with Crippen molar-refractivity contribution in [3.05, 3.63) is 98.6 Å². The fourth-order valence-electron chi connectivity index (χ4n) is 3.50. The van der Waals surface area contributed by atoms with Crippen LogP contribution in [0.25, 0.3) is 5.69 Å². The van der Waals surface area contributed by atoms with Crippen LogP contribution in [0.2, 0.25) is 0 Å². The molecule has 9 nitrogen and oxygen atoms in total. The smallest absolute Gasteiger partial charge is 0.295 e. The van der Waals surface area contributed by atoms with Gasteiger partial charge in [-0.2, -0.15) is 0 Å². The zero-order chi connectivity index (χ0) is 24.9. The van der Waals surface area contributed by atoms with Crippen LogP contribution in [0.3, 0.4) is 0 Å². The van der Waals surface area contributed by atoms with Crippen molar-refractivity contribution in [1.29, 1.82) is 0 Å². The molecule has 3 N–H and O–H groups in total. The molecule has 2 heterocycles. The van der Waals surface area contributed by atoms with Gasteiger partial charge in [-0.3, -0.25) is 23.9 Å². The lowest BCUT2D eigenvalue weighted by atomic mass is 10.2. The van der Waals surface area contributed by atoms with Gasteiger partial charge >= 0.3 is 0 Å². The summed E-state index contributed by atoms with van der Waals surface area (Å²) in [7, 11) is 1.74. The highest BCUT2D eigenvalue weighted by molar-refractivity contribution is 7.12. The van der Waals surface area contributed by atoms with Crippen molar-refractivity contribution in [2.75, 3.05) is 17.2 Å². The van der Waals surface area contributed by atoms with Crippen LogP contribution in [0, 0.1) is 6.92 Å². The average molecular weight is 490 g/mol. The number of carbonyl (C=O) groups is 3. The van der Waals surface area contributed by atoms with Crippen molar-refractivity contribution >= 4 is 40.4 Å². The number of para-hydroxylation sites is 1. The summed E-state index contributed by atoms with van der Waals surface area (Å²) in [6.07, 6.45) is 0. The monoisotopic (exact) mass is 489 g/mol. The average Bonchev–Trinajstić information content (AvgIpc) is 3.47. The first kappa shape index (κ1) is 23.7. The largest absolute Gasteiger partial charge is 0.342 e. The SMILES string of the molecule is Cc1c(NC(=O)c2cccc(NC(=O)CNC(=O)c3cccs3)c2)c(=O)n(-c2ccccc2)n1C. The molecule has 0 aliphatic rings. The first-order chi connectivity index (χ1) is 16.8. The van der Waals surface area contributed by atoms with Crippen molar-refractivity contribution in [1.82, 2.24) is 14.7 Å². The lowest BCUT2D eigenvalue weighted by Gasteiger charge is -2.09. The summed E-state index contributed by atoms with van der Waals surface area (Å²) in [5, 5.41) is 9.69. The van der Waals surface area contributed by atoms with Crippen molar-refractivity contribution < 1.29 is 14.4 Å². The Labute approximate surface area is 205 Å². The molecule has 10 heteroatoms. The molecule has 35 heavy (non-hydrogen) atoms. The second-order valence-electron chi connectivity index (χ2n) is 7.68. The zero-order valence-corrected chi connectivity index (χ0v) is 19.9. The second-order valence-corrected chi connectivity index (χ2v) is 8.63. The molecule has 178 valence electrons. The highest BCUT2D eigenvalue weighted by Gasteiger charge is 2.19. The molecule has 0 saturated heterocycles. The topological polar surface area (TPSA) is 114 Å². The predicted octanol–water partition coefficient (Wildman–Crippen LogP) is 3.17. The fourth-order valence-corrected chi connectivity index (χ4v) is 4.14. The Kier molecular flexibility index (Phi) is 6.93. The van der Waals surface area contributed by atoms with Crippen molar-refractivity contribution in [3.63, 3.8) is 0 Å². The van der Waals surface area contributed by atoms with E-state index in [1.807, 2.05) is 18.2 Å². The minimum absolute atomic E-state index is 0.173. The third-order valence-corrected chi connectivity index (χ3v) is 6.22. The summed E-state index contributed by atoms with van der Waals surface area (Å²) in [6, 6.07) is 18.9. The van der Waals surface area contributed by atoms with E-state index in [1.165, 1.54) is 22.1 Å². The number of carbonyl (C=O) groups excluding carboxylic acids is 3. The molecule has 2 aromatic carbocycles. The summed E-state index contributed by atoms with van der Waals surface area (Å²) < 4.78 is 3.15. The van der Waals surface area contributed by atoms with Crippen LogP contribution in [0.4, 0.5) is 11.4 Å². The highest BCUT2D eigenvalue weighted by Crippen LogP contribution is 2.17. The number of hydrogen-bond donors (Lipinski definition) is 3. The first-order valence-electron chi connectivity index (χ1n) is 10.7. The molecule has 0 aliphatic carbocycles. The number of benzene rings is 2. The molecule has 2 aromatic heterocycles. The van der Waals surface area contributed by atoms with Gasteiger partial charge in [0.25, 0.3) is 17.4 Å². The lowest BCUT2D eigenvalue weighted by molar-refractivity contribution is -0.115. The fraction of sp³-hybridized carbons (Fsp3) is 0.120. The molecule has 0 bridgehead atoms. The number of hydrogen-bond acceptors (Lipinski definition) is 5. The number of aromatic nitrogens is 2. The summed E-state index contributed by atoms with van der Waals surface area (Å²) in [5.74, 6) is -1.25. The maximum atomic E-state index is 13.0. The third-order valence-electron chi connectivity index (χ3n) is 5.36. The summed E-state index contributed by atoms with van der Waals surface area (Å²) in [5.41, 5.74) is 1.75. The van der Waals surface area contributed by atoms with Crippen molar-refractivity contribution in [3.8, 4) is 5.69 Å². The van der Waals surface area contributed by atoms with Crippen LogP contribution in [0.5, 0.6) is 0 Å². The summed E-state index contributed by atoms with van der Waals surface area (Å²) >= 11 is 1.28. The van der Waals surface area contributed by atoms with Gasteiger partial charge in [0.1, 0.15) is 5.69 Å². The van der Waals surface area contributed by atoms with E-state index in [9.17, 15) is 19.2 Å². The van der Waals surface area contributed by atoms with Gasteiger partial charge in [0.2, 0.25) is 5.91 Å². The molecule has 4 rings (SSSR count). The number of nitrogens with one attached hydrogen (secondary N) is 3.